The highest BCUT2D eigenvalue weighted by atomic mass is 16.5. The zero-order valence-electron chi connectivity index (χ0n) is 13.4. The highest BCUT2D eigenvalue weighted by molar-refractivity contribution is 5.80. The number of hydrogen-bond donors (Lipinski definition) is 1. The molecule has 116 valence electrons. The van der Waals surface area contributed by atoms with Crippen LogP contribution in [-0.4, -0.2) is 44.1 Å². The van der Waals surface area contributed by atoms with Gasteiger partial charge in [-0.05, 0) is 30.4 Å². The lowest BCUT2D eigenvalue weighted by Gasteiger charge is -2.37. The number of nitrogens with one attached hydrogen (secondary N) is 1. The molecule has 4 heteroatoms. The number of ether oxygens (including phenoxy) is 1. The molecule has 1 saturated heterocycles. The number of aliphatic imine (C=N–C) groups is 1. The topological polar surface area (TPSA) is 36.9 Å². The second-order valence-electron chi connectivity index (χ2n) is 5.99. The van der Waals surface area contributed by atoms with Gasteiger partial charge in [-0.15, -0.1) is 0 Å². The summed E-state index contributed by atoms with van der Waals surface area (Å²) in [6.45, 7) is 8.21. The summed E-state index contributed by atoms with van der Waals surface area (Å²) in [5.74, 6) is 3.36. The van der Waals surface area contributed by atoms with Crippen LogP contribution in [0.5, 0.6) is 5.75 Å². The van der Waals surface area contributed by atoms with Gasteiger partial charge in [0.05, 0.1) is 6.54 Å². The summed E-state index contributed by atoms with van der Waals surface area (Å²) in [5.41, 5.74) is 0. The van der Waals surface area contributed by atoms with Gasteiger partial charge in [0.1, 0.15) is 12.4 Å². The summed E-state index contributed by atoms with van der Waals surface area (Å²) in [6, 6.07) is 9.91. The maximum absolute atomic E-state index is 5.69. The molecule has 0 spiro atoms. The fourth-order valence-corrected chi connectivity index (χ4v) is 3.02. The Morgan fingerprint density at radius 2 is 1.90 bits per heavy atom. The molecule has 0 aliphatic carbocycles. The first kappa shape index (κ1) is 15.7. The lowest BCUT2D eigenvalue weighted by Crippen LogP contribution is -2.49. The molecule has 0 bridgehead atoms. The predicted octanol–water partition coefficient (Wildman–Crippen LogP) is 2.62. The lowest BCUT2D eigenvalue weighted by molar-refractivity contribution is 0.207. The predicted molar refractivity (Wildman–Crippen MR) is 87.8 cm³/mol. The van der Waals surface area contributed by atoms with Gasteiger partial charge in [-0.2, -0.15) is 0 Å². The van der Waals surface area contributed by atoms with Gasteiger partial charge >= 0.3 is 0 Å². The summed E-state index contributed by atoms with van der Waals surface area (Å²) in [5, 5.41) is 3.40. The minimum absolute atomic E-state index is 0.641. The van der Waals surface area contributed by atoms with Crippen LogP contribution in [0.4, 0.5) is 0 Å². The van der Waals surface area contributed by atoms with Crippen LogP contribution in [-0.2, 0) is 0 Å². The molecule has 1 aromatic carbocycles. The molecule has 1 aromatic rings. The van der Waals surface area contributed by atoms with Crippen molar-refractivity contribution in [2.45, 2.75) is 20.3 Å². The normalized spacial score (nSPS) is 23.0. The largest absolute Gasteiger partial charge is 0.492 e. The van der Waals surface area contributed by atoms with Crippen molar-refractivity contribution in [3.63, 3.8) is 0 Å². The van der Waals surface area contributed by atoms with Gasteiger partial charge in [0, 0.05) is 20.1 Å². The average molecular weight is 289 g/mol. The van der Waals surface area contributed by atoms with Crippen LogP contribution in [0.3, 0.4) is 0 Å². The monoisotopic (exact) mass is 289 g/mol. The van der Waals surface area contributed by atoms with Gasteiger partial charge in [-0.1, -0.05) is 32.0 Å². The second-order valence-corrected chi connectivity index (χ2v) is 5.99. The molecule has 21 heavy (non-hydrogen) atoms. The van der Waals surface area contributed by atoms with Gasteiger partial charge in [-0.25, -0.2) is 0 Å². The fraction of sp³-hybridized carbons (Fsp3) is 0.588. The number of likely N-dealkylation sites (tertiary alicyclic amines) is 1. The molecule has 0 radical (unpaired) electrons. The molecular weight excluding hydrogens is 262 g/mol. The number of benzene rings is 1. The van der Waals surface area contributed by atoms with Gasteiger partial charge in [0.15, 0.2) is 5.96 Å². The standard InChI is InChI=1S/C17H27N3O/c1-14-11-15(2)13-20(12-14)17(18-3)19-9-10-21-16-7-5-4-6-8-16/h4-8,14-15H,9-13H2,1-3H3,(H,18,19). The molecule has 1 heterocycles. The number of piperidine rings is 1. The summed E-state index contributed by atoms with van der Waals surface area (Å²) >= 11 is 0. The van der Waals surface area contributed by atoms with Gasteiger partial charge in [-0.3, -0.25) is 4.99 Å². The Morgan fingerprint density at radius 3 is 2.52 bits per heavy atom. The molecule has 1 aliphatic rings. The third kappa shape index (κ3) is 4.96. The van der Waals surface area contributed by atoms with E-state index >= 15 is 0 Å². The first-order chi connectivity index (χ1) is 10.2. The van der Waals surface area contributed by atoms with Crippen LogP contribution in [0.2, 0.25) is 0 Å². The fourth-order valence-electron chi connectivity index (χ4n) is 3.02. The Morgan fingerprint density at radius 1 is 1.24 bits per heavy atom. The Hall–Kier alpha value is -1.71. The van der Waals surface area contributed by atoms with Crippen molar-refractivity contribution < 1.29 is 4.74 Å². The van der Waals surface area contributed by atoms with E-state index in [0.717, 1.165) is 43.2 Å². The van der Waals surface area contributed by atoms with Crippen molar-refractivity contribution in [2.75, 3.05) is 33.3 Å². The summed E-state index contributed by atoms with van der Waals surface area (Å²) in [7, 11) is 1.85. The zero-order chi connectivity index (χ0) is 15.1. The van der Waals surface area contributed by atoms with Crippen molar-refractivity contribution in [1.29, 1.82) is 0 Å². The van der Waals surface area contributed by atoms with Crippen molar-refractivity contribution >= 4 is 5.96 Å². The number of nitrogens with zero attached hydrogens (tertiary/aromatic N) is 2. The number of hydrogen-bond acceptors (Lipinski definition) is 2. The molecule has 0 saturated carbocycles. The molecule has 0 aromatic heterocycles. The van der Waals surface area contributed by atoms with Gasteiger partial charge < -0.3 is 15.0 Å². The van der Waals surface area contributed by atoms with Crippen LogP contribution in [0.25, 0.3) is 0 Å². The quantitative estimate of drug-likeness (QED) is 0.526. The Kier molecular flexibility index (Phi) is 5.90. The third-order valence-electron chi connectivity index (χ3n) is 3.78. The molecular formula is C17H27N3O. The Bertz CT molecular complexity index is 437. The molecule has 2 unspecified atom stereocenters. The molecule has 2 rings (SSSR count). The van der Waals surface area contributed by atoms with Crippen molar-refractivity contribution in [3.8, 4) is 5.75 Å². The summed E-state index contributed by atoms with van der Waals surface area (Å²) in [6.07, 6.45) is 1.31. The van der Waals surface area contributed by atoms with E-state index in [2.05, 4.69) is 29.1 Å². The number of guanidine groups is 1. The minimum Gasteiger partial charge on any atom is -0.492 e. The van der Waals surface area contributed by atoms with Crippen molar-refractivity contribution in [2.24, 2.45) is 16.8 Å². The molecule has 1 aliphatic heterocycles. The minimum atomic E-state index is 0.641. The van der Waals surface area contributed by atoms with Crippen LogP contribution in [0.1, 0.15) is 20.3 Å². The molecule has 2 atom stereocenters. The van der Waals surface area contributed by atoms with Crippen LogP contribution in [0, 0.1) is 11.8 Å². The van der Waals surface area contributed by atoms with E-state index in [9.17, 15) is 0 Å². The Labute approximate surface area is 128 Å². The highest BCUT2D eigenvalue weighted by Crippen LogP contribution is 2.20. The van der Waals surface area contributed by atoms with E-state index in [-0.39, 0.29) is 0 Å². The average Bonchev–Trinajstić information content (AvgIpc) is 2.47. The lowest BCUT2D eigenvalue weighted by atomic mass is 9.92. The van der Waals surface area contributed by atoms with Crippen LogP contribution < -0.4 is 10.1 Å². The highest BCUT2D eigenvalue weighted by Gasteiger charge is 2.23. The molecule has 1 fully saturated rings. The maximum atomic E-state index is 5.69. The van der Waals surface area contributed by atoms with E-state index in [1.165, 1.54) is 6.42 Å². The van der Waals surface area contributed by atoms with Gasteiger partial charge in [0.2, 0.25) is 0 Å². The summed E-state index contributed by atoms with van der Waals surface area (Å²) < 4.78 is 5.69. The van der Waals surface area contributed by atoms with E-state index in [4.69, 9.17) is 4.74 Å². The van der Waals surface area contributed by atoms with E-state index in [1.54, 1.807) is 0 Å². The Balaban J connectivity index is 1.75. The molecule has 1 N–H and O–H groups in total. The third-order valence-corrected chi connectivity index (χ3v) is 3.78. The first-order valence-electron chi connectivity index (χ1n) is 7.82. The van der Waals surface area contributed by atoms with Crippen LogP contribution >= 0.6 is 0 Å². The van der Waals surface area contributed by atoms with E-state index in [0.29, 0.717) is 6.61 Å². The zero-order valence-corrected chi connectivity index (χ0v) is 13.4. The van der Waals surface area contributed by atoms with Gasteiger partial charge in [0.25, 0.3) is 0 Å². The number of rotatable bonds is 4. The maximum Gasteiger partial charge on any atom is 0.193 e. The number of para-hydroxylation sites is 1. The first-order valence-corrected chi connectivity index (χ1v) is 7.82. The molecule has 4 nitrogen and oxygen atoms in total. The van der Waals surface area contributed by atoms with E-state index < -0.39 is 0 Å². The summed E-state index contributed by atoms with van der Waals surface area (Å²) in [4.78, 5) is 6.76. The second kappa shape index (κ2) is 7.91. The SMILES string of the molecule is CN=C(NCCOc1ccccc1)N1CC(C)CC(C)C1. The molecule has 0 amide bonds. The van der Waals surface area contributed by atoms with Crippen LogP contribution in [0.15, 0.2) is 35.3 Å². The van der Waals surface area contributed by atoms with E-state index in [1.807, 2.05) is 37.4 Å². The smallest absolute Gasteiger partial charge is 0.193 e. The van der Waals surface area contributed by atoms with Crippen molar-refractivity contribution in [1.82, 2.24) is 10.2 Å². The van der Waals surface area contributed by atoms with Crippen molar-refractivity contribution in [3.05, 3.63) is 30.3 Å².